The van der Waals surface area contributed by atoms with Gasteiger partial charge in [0.25, 0.3) is 5.82 Å². The summed E-state index contributed by atoms with van der Waals surface area (Å²) < 4.78 is 5.16. The van der Waals surface area contributed by atoms with Gasteiger partial charge in [-0.2, -0.15) is 4.57 Å². The Morgan fingerprint density at radius 3 is 1.90 bits per heavy atom. The molecule has 2 atom stereocenters. The summed E-state index contributed by atoms with van der Waals surface area (Å²) in [4.78, 5) is 0. The predicted molar refractivity (Wildman–Crippen MR) is 166 cm³/mol. The first-order valence-corrected chi connectivity index (χ1v) is 15.1. The highest BCUT2D eigenvalue weighted by molar-refractivity contribution is 5.71. The number of hydrogen-bond donors (Lipinski definition) is 0. The van der Waals surface area contributed by atoms with Crippen molar-refractivity contribution in [1.82, 2.24) is 4.57 Å². The van der Waals surface area contributed by atoms with Crippen molar-refractivity contribution in [1.29, 1.82) is 0 Å². The molecule has 0 aliphatic carbocycles. The molecule has 2 nitrogen and oxygen atoms in total. The normalized spacial score (nSPS) is 20.4. The van der Waals surface area contributed by atoms with Gasteiger partial charge in [0, 0.05) is 16.5 Å². The zero-order chi connectivity index (χ0) is 27.9. The number of rotatable bonds is 8. The molecule has 1 aliphatic rings. The lowest BCUT2D eigenvalue weighted by atomic mass is 9.61. The largest absolute Gasteiger partial charge is 0.294 e. The first-order valence-electron chi connectivity index (χ1n) is 15.1. The van der Waals surface area contributed by atoms with Crippen LogP contribution in [0.5, 0.6) is 0 Å². The number of benzene rings is 3. The number of hydrogen-bond acceptors (Lipinski definition) is 0. The van der Waals surface area contributed by atoms with Crippen LogP contribution in [0.15, 0.2) is 79.1 Å². The summed E-state index contributed by atoms with van der Waals surface area (Å²) in [6, 6.07) is 25.0. The van der Waals surface area contributed by atoms with E-state index in [2.05, 4.69) is 144 Å². The molecule has 0 amide bonds. The van der Waals surface area contributed by atoms with Gasteiger partial charge in [-0.15, -0.1) is 0 Å². The fourth-order valence-corrected chi connectivity index (χ4v) is 7.13. The summed E-state index contributed by atoms with van der Waals surface area (Å²) in [5.74, 6) is 2.46. The molecule has 5 rings (SSSR count). The Kier molecular flexibility index (Phi) is 7.35. The van der Waals surface area contributed by atoms with E-state index in [4.69, 9.17) is 0 Å². The molecule has 0 radical (unpaired) electrons. The monoisotopic (exact) mass is 519 g/mol. The van der Waals surface area contributed by atoms with Gasteiger partial charge in [0.2, 0.25) is 0 Å². The second-order valence-corrected chi connectivity index (χ2v) is 12.9. The Hall–Kier alpha value is -3.13. The van der Waals surface area contributed by atoms with E-state index in [9.17, 15) is 0 Å². The number of aromatic nitrogens is 2. The minimum absolute atomic E-state index is 0.0168. The highest BCUT2D eigenvalue weighted by Gasteiger charge is 2.55. The van der Waals surface area contributed by atoms with Gasteiger partial charge in [-0.1, -0.05) is 97.0 Å². The molecule has 0 saturated carbocycles. The van der Waals surface area contributed by atoms with Crippen molar-refractivity contribution in [2.45, 2.75) is 92.0 Å². The average Bonchev–Trinajstić information content (AvgIpc) is 3.36. The quantitative estimate of drug-likeness (QED) is 0.205. The van der Waals surface area contributed by atoms with Crippen LogP contribution in [-0.4, -0.2) is 4.57 Å². The maximum atomic E-state index is 2.61. The molecule has 0 bridgehead atoms. The van der Waals surface area contributed by atoms with Gasteiger partial charge in [-0.25, -0.2) is 4.57 Å². The highest BCUT2D eigenvalue weighted by Crippen LogP contribution is 2.50. The fourth-order valence-electron chi connectivity index (χ4n) is 7.13. The van der Waals surface area contributed by atoms with Gasteiger partial charge in [0.1, 0.15) is 23.6 Å². The van der Waals surface area contributed by atoms with Crippen molar-refractivity contribution in [3.8, 4) is 28.2 Å². The Labute approximate surface area is 236 Å². The van der Waals surface area contributed by atoms with E-state index in [1.54, 1.807) is 0 Å². The van der Waals surface area contributed by atoms with Gasteiger partial charge < -0.3 is 0 Å². The van der Waals surface area contributed by atoms with E-state index in [1.165, 1.54) is 44.9 Å². The summed E-state index contributed by atoms with van der Waals surface area (Å²) in [6.07, 6.45) is 9.02. The molecule has 0 saturated heterocycles. The Morgan fingerprint density at radius 1 is 0.744 bits per heavy atom. The molecule has 3 aromatic carbocycles. The zero-order valence-corrected chi connectivity index (χ0v) is 25.4. The molecule has 39 heavy (non-hydrogen) atoms. The SMILES string of the molecule is CCC1(C)c2ccccc2-c2n(-c3c(CC(C)C)cc(-c4ccccc4)cc3CC(C)C)cc[n+]2C1(C)CC. The van der Waals surface area contributed by atoms with Crippen molar-refractivity contribution in [3.05, 3.63) is 95.8 Å². The molecular formula is C37H47N2+. The van der Waals surface area contributed by atoms with Crippen LogP contribution in [0.2, 0.25) is 0 Å². The van der Waals surface area contributed by atoms with Gasteiger partial charge in [-0.3, -0.25) is 0 Å². The standard InChI is InChI=1S/C37H47N2/c1-9-36(7)33-19-15-14-18-32(33)35-38(20-21-39(35)37(36,8)10-2)34-30(22-26(3)4)24-29(25-31(34)23-27(5)6)28-16-12-11-13-17-28/h11-21,24-27H,9-10,22-23H2,1-8H3/q+1. The highest BCUT2D eigenvalue weighted by atomic mass is 15.2. The molecular weight excluding hydrogens is 472 g/mol. The van der Waals surface area contributed by atoms with Crippen molar-refractivity contribution in [2.24, 2.45) is 11.8 Å². The molecule has 4 aromatic rings. The molecule has 2 heteroatoms. The Balaban J connectivity index is 1.85. The van der Waals surface area contributed by atoms with Crippen LogP contribution in [0.25, 0.3) is 28.2 Å². The number of nitrogens with zero attached hydrogens (tertiary/aromatic N) is 2. The van der Waals surface area contributed by atoms with E-state index in [-0.39, 0.29) is 11.0 Å². The topological polar surface area (TPSA) is 8.81 Å². The molecule has 1 aliphatic heterocycles. The summed E-state index contributed by atoms with van der Waals surface area (Å²) in [5, 5.41) is 0. The maximum Gasteiger partial charge on any atom is 0.294 e. The van der Waals surface area contributed by atoms with Crippen molar-refractivity contribution >= 4 is 0 Å². The van der Waals surface area contributed by atoms with Gasteiger partial charge in [0.15, 0.2) is 0 Å². The molecule has 1 aromatic heterocycles. The van der Waals surface area contributed by atoms with Crippen molar-refractivity contribution < 1.29 is 4.57 Å². The summed E-state index contributed by atoms with van der Waals surface area (Å²) >= 11 is 0. The molecule has 0 N–H and O–H groups in total. The fraction of sp³-hybridized carbons (Fsp3) is 0.432. The van der Waals surface area contributed by atoms with Crippen LogP contribution in [0.1, 0.15) is 84.9 Å². The van der Waals surface area contributed by atoms with Gasteiger partial charge in [0.05, 0.1) is 5.56 Å². The van der Waals surface area contributed by atoms with Gasteiger partial charge in [-0.05, 0) is 79.3 Å². The van der Waals surface area contributed by atoms with Crippen molar-refractivity contribution in [2.75, 3.05) is 0 Å². The second-order valence-electron chi connectivity index (χ2n) is 12.9. The van der Waals surface area contributed by atoms with Crippen LogP contribution in [0, 0.1) is 11.8 Å². The third-order valence-corrected chi connectivity index (χ3v) is 9.57. The second kappa shape index (κ2) is 10.5. The Morgan fingerprint density at radius 2 is 1.33 bits per heavy atom. The van der Waals surface area contributed by atoms with Crippen LogP contribution in [0.4, 0.5) is 0 Å². The lowest BCUT2D eigenvalue weighted by Crippen LogP contribution is -2.67. The first-order chi connectivity index (χ1) is 18.6. The zero-order valence-electron chi connectivity index (χ0n) is 25.4. The third-order valence-electron chi connectivity index (χ3n) is 9.57. The minimum atomic E-state index is -0.0168. The maximum absolute atomic E-state index is 2.61. The van der Waals surface area contributed by atoms with Crippen LogP contribution in [-0.2, 0) is 23.8 Å². The predicted octanol–water partition coefficient (Wildman–Crippen LogP) is 9.30. The molecule has 0 spiro atoms. The molecule has 0 fully saturated rings. The number of fused-ring (bicyclic) bond motifs is 3. The lowest BCUT2D eigenvalue weighted by molar-refractivity contribution is -0.764. The average molecular weight is 520 g/mol. The summed E-state index contributed by atoms with van der Waals surface area (Å²) in [7, 11) is 0. The summed E-state index contributed by atoms with van der Waals surface area (Å²) in [6.45, 7) is 19.0. The summed E-state index contributed by atoms with van der Waals surface area (Å²) in [5.41, 5.74) is 9.80. The smallest absolute Gasteiger partial charge is 0.224 e. The van der Waals surface area contributed by atoms with Crippen LogP contribution < -0.4 is 4.57 Å². The first kappa shape index (κ1) is 27.4. The lowest BCUT2D eigenvalue weighted by Gasteiger charge is -2.47. The van der Waals surface area contributed by atoms with Crippen molar-refractivity contribution in [3.63, 3.8) is 0 Å². The van der Waals surface area contributed by atoms with E-state index < -0.39 is 0 Å². The number of imidazole rings is 1. The van der Waals surface area contributed by atoms with E-state index in [0.717, 1.165) is 25.7 Å². The van der Waals surface area contributed by atoms with E-state index in [1.807, 2.05) is 0 Å². The third kappa shape index (κ3) is 4.46. The Bertz CT molecular complexity index is 1430. The van der Waals surface area contributed by atoms with Crippen LogP contribution >= 0.6 is 0 Å². The molecule has 2 unspecified atom stereocenters. The minimum Gasteiger partial charge on any atom is -0.224 e. The van der Waals surface area contributed by atoms with E-state index >= 15 is 0 Å². The van der Waals surface area contributed by atoms with E-state index in [0.29, 0.717) is 11.8 Å². The van der Waals surface area contributed by atoms with Gasteiger partial charge >= 0.3 is 0 Å². The molecule has 204 valence electrons. The molecule has 2 heterocycles. The van der Waals surface area contributed by atoms with Crippen LogP contribution in [0.3, 0.4) is 0 Å².